The lowest BCUT2D eigenvalue weighted by molar-refractivity contribution is 0.210. The highest BCUT2D eigenvalue weighted by Gasteiger charge is 2.26. The molecule has 1 aromatic carbocycles. The van der Waals surface area contributed by atoms with Gasteiger partial charge in [0.1, 0.15) is 0 Å². The molecule has 0 saturated heterocycles. The van der Waals surface area contributed by atoms with Gasteiger partial charge in [-0.3, -0.25) is 0 Å². The van der Waals surface area contributed by atoms with E-state index in [4.69, 9.17) is 0 Å². The van der Waals surface area contributed by atoms with Crippen molar-refractivity contribution in [2.45, 2.75) is 60.0 Å². The van der Waals surface area contributed by atoms with Crippen LogP contribution in [-0.2, 0) is 6.54 Å². The molecule has 2 amide bonds. The van der Waals surface area contributed by atoms with Crippen molar-refractivity contribution in [1.29, 1.82) is 0 Å². The molecular formula is C17H28N2O. The topological polar surface area (TPSA) is 41.1 Å². The Bertz CT molecular complexity index is 441. The number of carbonyl (C=O) groups is 1. The van der Waals surface area contributed by atoms with Crippen molar-refractivity contribution in [3.63, 3.8) is 0 Å². The smallest absolute Gasteiger partial charge is 0.315 e. The lowest BCUT2D eigenvalue weighted by Gasteiger charge is -2.33. The van der Waals surface area contributed by atoms with Crippen LogP contribution in [-0.4, -0.2) is 11.6 Å². The Kier molecular flexibility index (Phi) is 5.21. The molecule has 3 nitrogen and oxygen atoms in total. The van der Waals surface area contributed by atoms with E-state index in [9.17, 15) is 4.79 Å². The number of nitrogens with one attached hydrogen (secondary N) is 2. The predicted octanol–water partition coefficient (Wildman–Crippen LogP) is 4.01. The second-order valence-corrected chi connectivity index (χ2v) is 7.41. The van der Waals surface area contributed by atoms with Crippen molar-refractivity contribution in [2.24, 2.45) is 5.41 Å². The van der Waals surface area contributed by atoms with Crippen LogP contribution < -0.4 is 10.6 Å². The summed E-state index contributed by atoms with van der Waals surface area (Å²) in [4.78, 5) is 12.0. The van der Waals surface area contributed by atoms with Gasteiger partial charge in [-0.15, -0.1) is 0 Å². The van der Waals surface area contributed by atoms with Gasteiger partial charge >= 0.3 is 6.03 Å². The first-order valence-electron chi connectivity index (χ1n) is 7.19. The minimum Gasteiger partial charge on any atom is -0.334 e. The van der Waals surface area contributed by atoms with E-state index >= 15 is 0 Å². The summed E-state index contributed by atoms with van der Waals surface area (Å²) in [5, 5.41) is 5.95. The van der Waals surface area contributed by atoms with Crippen LogP contribution in [0.2, 0.25) is 0 Å². The highest BCUT2D eigenvalue weighted by atomic mass is 16.2. The molecule has 0 fully saturated rings. The van der Waals surface area contributed by atoms with Crippen LogP contribution >= 0.6 is 0 Å². The van der Waals surface area contributed by atoms with Gasteiger partial charge in [0.15, 0.2) is 0 Å². The van der Waals surface area contributed by atoms with E-state index in [0.717, 1.165) is 12.0 Å². The van der Waals surface area contributed by atoms with Crippen LogP contribution in [0.5, 0.6) is 0 Å². The van der Waals surface area contributed by atoms with E-state index in [1.54, 1.807) is 0 Å². The van der Waals surface area contributed by atoms with Crippen molar-refractivity contribution >= 4 is 6.03 Å². The van der Waals surface area contributed by atoms with Gasteiger partial charge < -0.3 is 10.6 Å². The molecule has 0 heterocycles. The van der Waals surface area contributed by atoms with Crippen molar-refractivity contribution in [1.82, 2.24) is 10.6 Å². The summed E-state index contributed by atoms with van der Waals surface area (Å²) in [6.07, 6.45) is 0.929. The number of amides is 2. The van der Waals surface area contributed by atoms with Crippen LogP contribution in [0.1, 0.15) is 52.2 Å². The molecule has 20 heavy (non-hydrogen) atoms. The molecule has 1 rings (SSSR count). The zero-order chi connectivity index (χ0) is 15.4. The molecule has 0 bridgehead atoms. The summed E-state index contributed by atoms with van der Waals surface area (Å²) in [6, 6.07) is 8.07. The van der Waals surface area contributed by atoms with Crippen molar-refractivity contribution in [2.75, 3.05) is 0 Å². The Hall–Kier alpha value is -1.51. The lowest BCUT2D eigenvalue weighted by atomic mass is 9.82. The summed E-state index contributed by atoms with van der Waals surface area (Å²) in [7, 11) is 0. The predicted molar refractivity (Wildman–Crippen MR) is 84.7 cm³/mol. The minimum atomic E-state index is -0.213. The largest absolute Gasteiger partial charge is 0.334 e. The molecule has 0 aromatic heterocycles. The van der Waals surface area contributed by atoms with Gasteiger partial charge in [-0.05, 0) is 38.2 Å². The highest BCUT2D eigenvalue weighted by Crippen LogP contribution is 2.26. The number of benzene rings is 1. The van der Waals surface area contributed by atoms with Crippen LogP contribution in [0.25, 0.3) is 0 Å². The number of urea groups is 1. The lowest BCUT2D eigenvalue weighted by Crippen LogP contribution is -2.49. The fourth-order valence-electron chi connectivity index (χ4n) is 2.61. The summed E-state index contributed by atoms with van der Waals surface area (Å²) in [5.74, 6) is 0. The van der Waals surface area contributed by atoms with Crippen LogP contribution in [0, 0.1) is 12.3 Å². The first-order chi connectivity index (χ1) is 9.07. The number of hydrogen-bond donors (Lipinski definition) is 2. The number of hydrogen-bond acceptors (Lipinski definition) is 1. The maximum absolute atomic E-state index is 12.0. The van der Waals surface area contributed by atoms with Crippen LogP contribution in [0.15, 0.2) is 24.3 Å². The van der Waals surface area contributed by atoms with Crippen molar-refractivity contribution in [3.8, 4) is 0 Å². The summed E-state index contributed by atoms with van der Waals surface area (Å²) < 4.78 is 0. The Balaban J connectivity index is 2.45. The van der Waals surface area contributed by atoms with E-state index in [1.807, 2.05) is 12.1 Å². The molecule has 0 spiro atoms. The maximum atomic E-state index is 12.0. The SMILES string of the molecule is Cc1ccc(CNC(=O)NC(C)(C)CC(C)(C)C)cc1. The fourth-order valence-corrected chi connectivity index (χ4v) is 2.61. The van der Waals surface area contributed by atoms with Gasteiger partial charge in [0.25, 0.3) is 0 Å². The van der Waals surface area contributed by atoms with Gasteiger partial charge in [-0.1, -0.05) is 50.6 Å². The zero-order valence-electron chi connectivity index (χ0n) is 13.6. The third kappa shape index (κ3) is 6.60. The van der Waals surface area contributed by atoms with E-state index in [2.05, 4.69) is 64.3 Å². The summed E-state index contributed by atoms with van der Waals surface area (Å²) >= 11 is 0. The average Bonchev–Trinajstić information content (AvgIpc) is 2.24. The fraction of sp³-hybridized carbons (Fsp3) is 0.588. The summed E-state index contributed by atoms with van der Waals surface area (Å²) in [6.45, 7) is 13.3. The molecule has 2 N–H and O–H groups in total. The molecule has 3 heteroatoms. The van der Waals surface area contributed by atoms with E-state index in [0.29, 0.717) is 6.54 Å². The van der Waals surface area contributed by atoms with Crippen LogP contribution in [0.3, 0.4) is 0 Å². The molecule has 0 atom stereocenters. The average molecular weight is 276 g/mol. The third-order valence-electron chi connectivity index (χ3n) is 3.00. The second-order valence-electron chi connectivity index (χ2n) is 7.41. The number of carbonyl (C=O) groups excluding carboxylic acids is 1. The molecule has 0 aliphatic carbocycles. The maximum Gasteiger partial charge on any atom is 0.315 e. The van der Waals surface area contributed by atoms with Crippen LogP contribution in [0.4, 0.5) is 4.79 Å². The third-order valence-corrected chi connectivity index (χ3v) is 3.00. The first-order valence-corrected chi connectivity index (χ1v) is 7.19. The van der Waals surface area contributed by atoms with Crippen molar-refractivity contribution in [3.05, 3.63) is 35.4 Å². The van der Waals surface area contributed by atoms with E-state index < -0.39 is 0 Å². The highest BCUT2D eigenvalue weighted by molar-refractivity contribution is 5.74. The number of rotatable bonds is 4. The molecule has 0 radical (unpaired) electrons. The molecular weight excluding hydrogens is 248 g/mol. The van der Waals surface area contributed by atoms with Crippen molar-refractivity contribution < 1.29 is 4.79 Å². The van der Waals surface area contributed by atoms with Gasteiger partial charge in [-0.25, -0.2) is 4.79 Å². The standard InChI is InChI=1S/C17H28N2O/c1-13-7-9-14(10-8-13)11-18-15(20)19-17(5,6)12-16(2,3)4/h7-10H,11-12H2,1-6H3,(H2,18,19,20). The first kappa shape index (κ1) is 16.5. The normalized spacial score (nSPS) is 12.1. The molecule has 1 aromatic rings. The second kappa shape index (κ2) is 6.29. The Morgan fingerprint density at radius 3 is 2.10 bits per heavy atom. The Morgan fingerprint density at radius 2 is 1.60 bits per heavy atom. The molecule has 0 unspecified atom stereocenters. The van der Waals surface area contributed by atoms with Gasteiger partial charge in [0, 0.05) is 12.1 Å². The Labute approximate surface area is 123 Å². The molecule has 112 valence electrons. The monoisotopic (exact) mass is 276 g/mol. The Morgan fingerprint density at radius 1 is 1.05 bits per heavy atom. The quantitative estimate of drug-likeness (QED) is 0.857. The van der Waals surface area contributed by atoms with E-state index in [1.165, 1.54) is 5.56 Å². The zero-order valence-corrected chi connectivity index (χ0v) is 13.6. The van der Waals surface area contributed by atoms with Gasteiger partial charge in [0.2, 0.25) is 0 Å². The van der Waals surface area contributed by atoms with Gasteiger partial charge in [-0.2, -0.15) is 0 Å². The molecule has 0 aliphatic heterocycles. The van der Waals surface area contributed by atoms with E-state index in [-0.39, 0.29) is 17.0 Å². The molecule has 0 saturated carbocycles. The van der Waals surface area contributed by atoms with Gasteiger partial charge in [0.05, 0.1) is 0 Å². The minimum absolute atomic E-state index is 0.111. The summed E-state index contributed by atoms with van der Waals surface area (Å²) in [5.41, 5.74) is 2.31. The number of aryl methyl sites for hydroxylation is 1. The molecule has 0 aliphatic rings.